The highest BCUT2D eigenvalue weighted by molar-refractivity contribution is 8.00. The third kappa shape index (κ3) is 4.42. The Morgan fingerprint density at radius 1 is 1.11 bits per heavy atom. The van der Waals surface area contributed by atoms with Crippen LogP contribution in [0.1, 0.15) is 43.5 Å². The van der Waals surface area contributed by atoms with Crippen molar-refractivity contribution in [1.82, 2.24) is 15.2 Å². The summed E-state index contributed by atoms with van der Waals surface area (Å²) in [6.45, 7) is 5.31. The molecular weight excluding hydrogens is 504 g/mol. The number of hydrogen-bond acceptors (Lipinski definition) is 10. The number of benzene rings is 1. The Labute approximate surface area is 213 Å². The molecule has 4 heterocycles. The summed E-state index contributed by atoms with van der Waals surface area (Å²) in [4.78, 5) is 32.8. The smallest absolute Gasteiger partial charge is 0.296 e. The molecule has 0 fully saturated rings. The molecule has 35 heavy (non-hydrogen) atoms. The summed E-state index contributed by atoms with van der Waals surface area (Å²) in [5, 5.41) is 20.3. The number of ketones is 1. The molecule has 1 aliphatic rings. The summed E-state index contributed by atoms with van der Waals surface area (Å²) >= 11 is 3.95. The topological polar surface area (TPSA) is 109 Å². The molecule has 1 atom stereocenters. The number of aliphatic hydroxyl groups excluding tert-OH is 1. The molecule has 1 aliphatic heterocycles. The molecule has 3 aromatic heterocycles. The number of anilines is 1. The molecule has 0 spiro atoms. The van der Waals surface area contributed by atoms with Gasteiger partial charge in [0.25, 0.3) is 5.91 Å². The Bertz CT molecular complexity index is 1450. The molecule has 0 saturated heterocycles. The van der Waals surface area contributed by atoms with E-state index in [2.05, 4.69) is 15.2 Å². The van der Waals surface area contributed by atoms with Gasteiger partial charge in [-0.25, -0.2) is 4.98 Å². The van der Waals surface area contributed by atoms with Crippen LogP contribution in [0.5, 0.6) is 0 Å². The van der Waals surface area contributed by atoms with Crippen LogP contribution in [0.15, 0.2) is 62.6 Å². The fourth-order valence-corrected chi connectivity index (χ4v) is 6.54. The van der Waals surface area contributed by atoms with Crippen LogP contribution in [0.25, 0.3) is 0 Å². The molecular formula is C24H20N4O4S3. The van der Waals surface area contributed by atoms with Crippen molar-refractivity contribution in [2.75, 3.05) is 4.90 Å². The van der Waals surface area contributed by atoms with Gasteiger partial charge in [0.05, 0.1) is 21.2 Å². The number of rotatable bonds is 7. The van der Waals surface area contributed by atoms with Gasteiger partial charge in [0.1, 0.15) is 17.6 Å². The summed E-state index contributed by atoms with van der Waals surface area (Å²) in [6.07, 6.45) is 0. The lowest BCUT2D eigenvalue weighted by Gasteiger charge is -2.21. The number of aryl methyl sites for hydroxylation is 3. The first-order chi connectivity index (χ1) is 16.8. The lowest BCUT2D eigenvalue weighted by atomic mass is 10.00. The van der Waals surface area contributed by atoms with E-state index >= 15 is 0 Å². The molecule has 1 unspecified atom stereocenters. The Kier molecular flexibility index (Phi) is 6.30. The van der Waals surface area contributed by atoms with Crippen molar-refractivity contribution in [2.24, 2.45) is 0 Å². The standard InChI is InChI=1S/C24H20N4O4S3/c1-12-9-10-16(32-12)18-17(19(29)21-13(2)25-14(3)34-21)20(30)22(31)28(18)23-26-27-24(35-23)33-11-15-7-5-4-6-8-15/h4-10,18,30H,11H2,1-3H3. The lowest BCUT2D eigenvalue weighted by molar-refractivity contribution is -0.117. The number of thioether (sulfide) groups is 1. The molecule has 11 heteroatoms. The van der Waals surface area contributed by atoms with Crippen LogP contribution in [-0.4, -0.2) is 32.0 Å². The van der Waals surface area contributed by atoms with Crippen molar-refractivity contribution in [3.63, 3.8) is 0 Å². The molecule has 1 N–H and O–H groups in total. The Balaban J connectivity index is 1.50. The first-order valence-electron chi connectivity index (χ1n) is 10.7. The van der Waals surface area contributed by atoms with Gasteiger partial charge in [-0.1, -0.05) is 53.4 Å². The van der Waals surface area contributed by atoms with Crippen LogP contribution < -0.4 is 4.90 Å². The van der Waals surface area contributed by atoms with Crippen molar-refractivity contribution < 1.29 is 19.1 Å². The van der Waals surface area contributed by atoms with Crippen LogP contribution in [0.3, 0.4) is 0 Å². The molecule has 8 nitrogen and oxygen atoms in total. The largest absolute Gasteiger partial charge is 0.503 e. The molecule has 4 aromatic rings. The number of carbonyl (C=O) groups excluding carboxylic acids is 2. The average Bonchev–Trinajstić information content (AvgIpc) is 3.61. The molecule has 1 aromatic carbocycles. The van der Waals surface area contributed by atoms with Crippen LogP contribution in [0, 0.1) is 20.8 Å². The number of aliphatic hydroxyl groups is 1. The maximum absolute atomic E-state index is 13.6. The Hall–Kier alpha value is -3.28. The number of furan rings is 1. The fourth-order valence-electron chi connectivity index (χ4n) is 3.85. The first kappa shape index (κ1) is 23.5. The predicted octanol–water partition coefficient (Wildman–Crippen LogP) is 5.59. The predicted molar refractivity (Wildman–Crippen MR) is 135 cm³/mol. The summed E-state index contributed by atoms with van der Waals surface area (Å²) in [5.74, 6) is -0.122. The highest BCUT2D eigenvalue weighted by atomic mass is 32.2. The molecule has 0 radical (unpaired) electrons. The number of amides is 1. The Morgan fingerprint density at radius 3 is 2.54 bits per heavy atom. The zero-order chi connectivity index (χ0) is 24.7. The van der Waals surface area contributed by atoms with Gasteiger partial charge < -0.3 is 9.52 Å². The second-order valence-corrected chi connectivity index (χ2v) is 11.3. The van der Waals surface area contributed by atoms with Gasteiger partial charge in [-0.3, -0.25) is 14.5 Å². The normalized spacial score (nSPS) is 15.9. The number of thiazole rings is 1. The molecule has 0 saturated carbocycles. The third-order valence-corrected chi connectivity index (χ3v) is 8.60. The maximum Gasteiger partial charge on any atom is 0.296 e. The number of hydrogen-bond donors (Lipinski definition) is 1. The number of Topliss-reactive ketones (excluding diaryl/α,β-unsaturated/α-hetero) is 1. The molecule has 0 aliphatic carbocycles. The van der Waals surface area contributed by atoms with Crippen LogP contribution >= 0.6 is 34.4 Å². The molecule has 1 amide bonds. The highest BCUT2D eigenvalue weighted by Crippen LogP contribution is 2.44. The first-order valence-corrected chi connectivity index (χ1v) is 13.3. The fraction of sp³-hybridized carbons (Fsp3) is 0.208. The van der Waals surface area contributed by atoms with Crippen LogP contribution in [0.4, 0.5) is 5.13 Å². The Morgan fingerprint density at radius 2 is 1.89 bits per heavy atom. The highest BCUT2D eigenvalue weighted by Gasteiger charge is 2.48. The van der Waals surface area contributed by atoms with Crippen molar-refractivity contribution >= 4 is 51.3 Å². The quantitative estimate of drug-likeness (QED) is 0.189. The summed E-state index contributed by atoms with van der Waals surface area (Å²) in [7, 11) is 0. The van der Waals surface area contributed by atoms with E-state index in [1.54, 1.807) is 32.9 Å². The molecule has 178 valence electrons. The van der Waals surface area contributed by atoms with Crippen molar-refractivity contribution in [2.45, 2.75) is 36.9 Å². The maximum atomic E-state index is 13.6. The molecule has 5 rings (SSSR count). The van der Waals surface area contributed by atoms with E-state index in [-0.39, 0.29) is 10.7 Å². The van der Waals surface area contributed by atoms with Crippen molar-refractivity contribution in [3.05, 3.63) is 86.5 Å². The van der Waals surface area contributed by atoms with Gasteiger partial charge in [0, 0.05) is 5.75 Å². The monoisotopic (exact) mass is 524 g/mol. The minimum atomic E-state index is -0.967. The van der Waals surface area contributed by atoms with E-state index < -0.39 is 23.5 Å². The average molecular weight is 525 g/mol. The van der Waals surface area contributed by atoms with Crippen LogP contribution in [0.2, 0.25) is 0 Å². The zero-order valence-corrected chi connectivity index (χ0v) is 21.5. The van der Waals surface area contributed by atoms with E-state index in [9.17, 15) is 14.7 Å². The lowest BCUT2D eigenvalue weighted by Crippen LogP contribution is -2.30. The van der Waals surface area contributed by atoms with E-state index in [0.717, 1.165) is 10.6 Å². The van der Waals surface area contributed by atoms with Gasteiger partial charge in [0.2, 0.25) is 10.9 Å². The minimum absolute atomic E-state index is 0.0511. The summed E-state index contributed by atoms with van der Waals surface area (Å²) in [5.41, 5.74) is 1.64. The SMILES string of the molecule is Cc1ccc(C2C(C(=O)c3sc(C)nc3C)=C(O)C(=O)N2c2nnc(SCc3ccccc3)s2)o1. The van der Waals surface area contributed by atoms with Gasteiger partial charge >= 0.3 is 0 Å². The van der Waals surface area contributed by atoms with Gasteiger partial charge in [-0.05, 0) is 38.5 Å². The summed E-state index contributed by atoms with van der Waals surface area (Å²) in [6, 6.07) is 12.4. The van der Waals surface area contributed by atoms with Crippen molar-refractivity contribution in [3.8, 4) is 0 Å². The van der Waals surface area contributed by atoms with Gasteiger partial charge in [0.15, 0.2) is 10.1 Å². The number of carbonyl (C=O) groups is 2. The van der Waals surface area contributed by atoms with Crippen LogP contribution in [-0.2, 0) is 10.5 Å². The molecule has 0 bridgehead atoms. The summed E-state index contributed by atoms with van der Waals surface area (Å²) < 4.78 is 6.49. The zero-order valence-electron chi connectivity index (χ0n) is 19.0. The van der Waals surface area contributed by atoms with Gasteiger partial charge in [-0.2, -0.15) is 0 Å². The second kappa shape index (κ2) is 9.40. The van der Waals surface area contributed by atoms with E-state index in [1.807, 2.05) is 30.3 Å². The van der Waals surface area contributed by atoms with Gasteiger partial charge in [-0.15, -0.1) is 21.5 Å². The van der Waals surface area contributed by atoms with Crippen molar-refractivity contribution in [1.29, 1.82) is 0 Å². The minimum Gasteiger partial charge on any atom is -0.503 e. The second-order valence-electron chi connectivity index (χ2n) is 7.89. The van der Waals surface area contributed by atoms with E-state index in [1.165, 1.54) is 39.3 Å². The van der Waals surface area contributed by atoms with E-state index in [4.69, 9.17) is 4.42 Å². The third-order valence-electron chi connectivity index (χ3n) is 5.40. The number of nitrogens with zero attached hydrogens (tertiary/aromatic N) is 4. The van der Waals surface area contributed by atoms with E-state index in [0.29, 0.717) is 32.2 Å². The number of aromatic nitrogens is 3.